The molecule has 4 atom stereocenters. The number of hydrogen-bond acceptors (Lipinski definition) is 5. The van der Waals surface area contributed by atoms with E-state index in [-0.39, 0.29) is 36.6 Å². The highest BCUT2D eigenvalue weighted by atomic mass is 16.5. The van der Waals surface area contributed by atoms with Crippen LogP contribution < -0.4 is 0 Å². The maximum absolute atomic E-state index is 11.1. The van der Waals surface area contributed by atoms with Crippen molar-refractivity contribution in [3.05, 3.63) is 24.3 Å². The van der Waals surface area contributed by atoms with Crippen molar-refractivity contribution < 1.29 is 24.5 Å². The Morgan fingerprint density at radius 1 is 1.07 bits per heavy atom. The number of unbranched alkanes of at least 4 members (excludes halogenated alkanes) is 6. The Hall–Kier alpha value is -1.17. The van der Waals surface area contributed by atoms with Gasteiger partial charge in [0.2, 0.25) is 0 Å². The molecule has 5 nitrogen and oxygen atoms in total. The minimum absolute atomic E-state index is 0.106. The van der Waals surface area contributed by atoms with Gasteiger partial charge in [0.1, 0.15) is 0 Å². The molecular weight excluding hydrogens is 356 g/mol. The lowest BCUT2D eigenvalue weighted by Crippen LogP contribution is -2.22. The fraction of sp³-hybridized carbons (Fsp3) is 0.783. The molecule has 0 bridgehead atoms. The summed E-state index contributed by atoms with van der Waals surface area (Å²) < 4.78 is 10.5. The molecule has 2 N–H and O–H groups in total. The highest BCUT2D eigenvalue weighted by Gasteiger charge is 2.40. The number of rotatable bonds is 15. The number of allylic oxidation sites excluding steroid dienone is 2. The molecule has 0 aromatic rings. The van der Waals surface area contributed by atoms with E-state index >= 15 is 0 Å². The average Bonchev–Trinajstić information content (AvgIpc) is 2.98. The first-order valence-electron chi connectivity index (χ1n) is 11.0. The molecular formula is C23H40O5. The van der Waals surface area contributed by atoms with Crippen molar-refractivity contribution in [2.24, 2.45) is 11.8 Å². The second kappa shape index (κ2) is 15.7. The largest absolute Gasteiger partial charge is 0.466 e. The van der Waals surface area contributed by atoms with Crippen molar-refractivity contribution in [2.45, 2.75) is 83.3 Å². The fourth-order valence-corrected chi connectivity index (χ4v) is 4.02. The lowest BCUT2D eigenvalue weighted by atomic mass is 9.88. The van der Waals surface area contributed by atoms with Gasteiger partial charge in [-0.3, -0.25) is 0 Å². The van der Waals surface area contributed by atoms with Crippen molar-refractivity contribution >= 4 is 5.97 Å². The van der Waals surface area contributed by atoms with Crippen LogP contribution >= 0.6 is 0 Å². The van der Waals surface area contributed by atoms with Crippen LogP contribution in [-0.4, -0.2) is 48.7 Å². The minimum atomic E-state index is -0.313. The van der Waals surface area contributed by atoms with Gasteiger partial charge in [0.25, 0.3) is 0 Å². The van der Waals surface area contributed by atoms with Gasteiger partial charge < -0.3 is 19.7 Å². The first kappa shape index (κ1) is 24.9. The molecule has 1 aliphatic carbocycles. The number of ether oxygens (including phenoxy) is 2. The van der Waals surface area contributed by atoms with Gasteiger partial charge in [0, 0.05) is 31.6 Å². The molecule has 0 spiro atoms. The maximum Gasteiger partial charge on any atom is 0.330 e. The SMILES string of the molecule is CCO[C@@H]1C[C@H](O)C(CCCCC=CC(=O)OC)[C@H]1/C=C/CCCCCCO. The standard InChI is InChI=1S/C23H40O5/c1-3-28-22-18-21(25)19(14-10-7-8-12-16-23(26)27-2)20(22)15-11-6-4-5-9-13-17-24/h11-12,15-16,19-22,24-25H,3-10,13-14,17-18H2,1-2H3/b15-11+,16-12?/t19?,20-,21+,22-/m1/s1. The molecule has 0 aromatic carbocycles. The first-order valence-corrected chi connectivity index (χ1v) is 11.0. The third-order valence-electron chi connectivity index (χ3n) is 5.52. The van der Waals surface area contributed by atoms with Gasteiger partial charge in [-0.1, -0.05) is 37.5 Å². The van der Waals surface area contributed by atoms with E-state index in [9.17, 15) is 9.90 Å². The highest BCUT2D eigenvalue weighted by molar-refractivity contribution is 5.81. The van der Waals surface area contributed by atoms with Crippen LogP contribution in [0.25, 0.3) is 0 Å². The van der Waals surface area contributed by atoms with Gasteiger partial charge in [0.05, 0.1) is 19.3 Å². The van der Waals surface area contributed by atoms with Crippen LogP contribution in [0.15, 0.2) is 24.3 Å². The summed E-state index contributed by atoms with van der Waals surface area (Å²) in [5, 5.41) is 19.4. The van der Waals surface area contributed by atoms with E-state index in [2.05, 4.69) is 16.9 Å². The number of methoxy groups -OCH3 is 1. The molecule has 0 aliphatic heterocycles. The molecule has 1 fully saturated rings. The summed E-state index contributed by atoms with van der Waals surface area (Å²) in [5.74, 6) is 0.206. The van der Waals surface area contributed by atoms with Gasteiger partial charge >= 0.3 is 5.97 Å². The smallest absolute Gasteiger partial charge is 0.330 e. The Labute approximate surface area is 170 Å². The Bertz CT molecular complexity index is 460. The van der Waals surface area contributed by atoms with Crippen molar-refractivity contribution in [1.29, 1.82) is 0 Å². The van der Waals surface area contributed by atoms with E-state index in [1.54, 1.807) is 0 Å². The number of aliphatic hydroxyl groups excluding tert-OH is 2. The highest BCUT2D eigenvalue weighted by Crippen LogP contribution is 2.39. The quantitative estimate of drug-likeness (QED) is 0.188. The lowest BCUT2D eigenvalue weighted by molar-refractivity contribution is -0.134. The van der Waals surface area contributed by atoms with E-state index in [0.29, 0.717) is 13.0 Å². The Morgan fingerprint density at radius 3 is 2.50 bits per heavy atom. The molecule has 0 amide bonds. The molecule has 0 aromatic heterocycles. The van der Waals surface area contributed by atoms with Gasteiger partial charge in [-0.2, -0.15) is 0 Å². The average molecular weight is 397 g/mol. The Kier molecular flexibility index (Phi) is 14.0. The molecule has 1 rings (SSSR count). The predicted octanol–water partition coefficient (Wildman–Crippen LogP) is 4.18. The van der Waals surface area contributed by atoms with Gasteiger partial charge in [-0.15, -0.1) is 0 Å². The summed E-state index contributed by atoms with van der Waals surface area (Å²) >= 11 is 0. The van der Waals surface area contributed by atoms with Crippen molar-refractivity contribution in [1.82, 2.24) is 0 Å². The normalized spacial score (nSPS) is 25.1. The molecule has 1 saturated carbocycles. The van der Waals surface area contributed by atoms with Crippen LogP contribution in [0, 0.1) is 11.8 Å². The number of carbonyl (C=O) groups excluding carboxylic acids is 1. The molecule has 162 valence electrons. The summed E-state index contributed by atoms with van der Waals surface area (Å²) in [6.45, 7) is 2.97. The first-order chi connectivity index (χ1) is 13.6. The zero-order valence-corrected chi connectivity index (χ0v) is 17.7. The van der Waals surface area contributed by atoms with Crippen LogP contribution in [0.1, 0.15) is 71.1 Å². The van der Waals surface area contributed by atoms with E-state index in [1.807, 2.05) is 13.0 Å². The fourth-order valence-electron chi connectivity index (χ4n) is 4.02. The number of aliphatic hydroxyl groups is 2. The summed E-state index contributed by atoms with van der Waals surface area (Å²) in [4.78, 5) is 11.1. The topological polar surface area (TPSA) is 76.0 Å². The van der Waals surface area contributed by atoms with Crippen LogP contribution in [0.3, 0.4) is 0 Å². The van der Waals surface area contributed by atoms with Crippen molar-refractivity contribution in [3.8, 4) is 0 Å². The summed E-state index contributed by atoms with van der Waals surface area (Å²) in [5.41, 5.74) is 0. The van der Waals surface area contributed by atoms with E-state index in [1.165, 1.54) is 13.2 Å². The van der Waals surface area contributed by atoms with E-state index in [4.69, 9.17) is 9.84 Å². The zero-order valence-electron chi connectivity index (χ0n) is 17.7. The van der Waals surface area contributed by atoms with Gasteiger partial charge in [-0.25, -0.2) is 4.79 Å². The molecule has 1 aliphatic rings. The zero-order chi connectivity index (χ0) is 20.6. The number of esters is 1. The molecule has 5 heteroatoms. The Balaban J connectivity index is 2.44. The predicted molar refractivity (Wildman–Crippen MR) is 112 cm³/mol. The van der Waals surface area contributed by atoms with Crippen molar-refractivity contribution in [3.63, 3.8) is 0 Å². The second-order valence-electron chi connectivity index (χ2n) is 7.60. The van der Waals surface area contributed by atoms with E-state index < -0.39 is 0 Å². The maximum atomic E-state index is 11.1. The Morgan fingerprint density at radius 2 is 1.79 bits per heavy atom. The summed E-state index contributed by atoms with van der Waals surface area (Å²) in [7, 11) is 1.38. The van der Waals surface area contributed by atoms with Gasteiger partial charge in [-0.05, 0) is 51.4 Å². The summed E-state index contributed by atoms with van der Waals surface area (Å²) in [6.07, 6.45) is 17.5. The third kappa shape index (κ3) is 9.85. The summed E-state index contributed by atoms with van der Waals surface area (Å²) in [6, 6.07) is 0. The number of carbonyl (C=O) groups is 1. The monoisotopic (exact) mass is 396 g/mol. The third-order valence-corrected chi connectivity index (χ3v) is 5.52. The molecule has 0 saturated heterocycles. The lowest BCUT2D eigenvalue weighted by Gasteiger charge is -2.22. The van der Waals surface area contributed by atoms with Crippen LogP contribution in [0.4, 0.5) is 0 Å². The van der Waals surface area contributed by atoms with Crippen LogP contribution in [0.5, 0.6) is 0 Å². The molecule has 0 heterocycles. The minimum Gasteiger partial charge on any atom is -0.466 e. The number of hydrogen-bond donors (Lipinski definition) is 2. The van der Waals surface area contributed by atoms with Crippen molar-refractivity contribution in [2.75, 3.05) is 20.3 Å². The second-order valence-corrected chi connectivity index (χ2v) is 7.60. The molecule has 0 radical (unpaired) electrons. The van der Waals surface area contributed by atoms with Crippen LogP contribution in [0.2, 0.25) is 0 Å². The molecule has 28 heavy (non-hydrogen) atoms. The molecule has 1 unspecified atom stereocenters. The van der Waals surface area contributed by atoms with Gasteiger partial charge in [0.15, 0.2) is 0 Å². The van der Waals surface area contributed by atoms with Crippen LogP contribution in [-0.2, 0) is 14.3 Å². The van der Waals surface area contributed by atoms with E-state index in [0.717, 1.165) is 57.8 Å².